The van der Waals surface area contributed by atoms with E-state index in [1.165, 1.54) is 32.0 Å². The van der Waals surface area contributed by atoms with E-state index in [4.69, 9.17) is 26.0 Å². The lowest BCUT2D eigenvalue weighted by Crippen LogP contribution is -2.46. The topological polar surface area (TPSA) is 161 Å². The first-order chi connectivity index (χ1) is 10.6. The first-order valence-corrected chi connectivity index (χ1v) is 6.88. The number of hydrogen-bond donors (Lipinski definition) is 4. The minimum absolute atomic E-state index is 0.144. The highest BCUT2D eigenvalue weighted by Crippen LogP contribution is 2.25. The SMILES string of the molecule is CC(O)C(OC(=O)N(C)C)C1CC(N=C(N)N)C=C(C(=O)O)O1. The molecule has 0 spiro atoms. The Bertz CT molecular complexity index is 513. The molecule has 0 bridgehead atoms. The van der Waals surface area contributed by atoms with Gasteiger partial charge in [-0.25, -0.2) is 14.6 Å². The van der Waals surface area contributed by atoms with Gasteiger partial charge in [-0.2, -0.15) is 0 Å². The van der Waals surface area contributed by atoms with Gasteiger partial charge in [-0.15, -0.1) is 0 Å². The number of nitrogens with two attached hydrogens (primary N) is 2. The third kappa shape index (κ3) is 5.33. The highest BCUT2D eigenvalue weighted by Gasteiger charge is 2.37. The maximum absolute atomic E-state index is 11.7. The van der Waals surface area contributed by atoms with Crippen molar-refractivity contribution in [1.29, 1.82) is 0 Å². The van der Waals surface area contributed by atoms with Crippen LogP contribution in [0.15, 0.2) is 16.8 Å². The average molecular weight is 330 g/mol. The number of nitrogens with zero attached hydrogens (tertiary/aromatic N) is 2. The van der Waals surface area contributed by atoms with Crippen LogP contribution in [-0.4, -0.2) is 71.6 Å². The number of guanidine groups is 1. The van der Waals surface area contributed by atoms with Crippen LogP contribution in [0.3, 0.4) is 0 Å². The van der Waals surface area contributed by atoms with Crippen LogP contribution in [0.1, 0.15) is 13.3 Å². The Morgan fingerprint density at radius 3 is 2.52 bits per heavy atom. The molecule has 4 unspecified atom stereocenters. The normalized spacial score (nSPS) is 22.9. The van der Waals surface area contributed by atoms with Crippen LogP contribution >= 0.6 is 0 Å². The number of carboxylic acid groups (broad SMARTS) is 1. The minimum atomic E-state index is -1.31. The summed E-state index contributed by atoms with van der Waals surface area (Å²) in [6, 6.07) is -0.663. The van der Waals surface area contributed by atoms with Gasteiger partial charge in [0.05, 0.1) is 12.1 Å². The lowest BCUT2D eigenvalue weighted by atomic mass is 9.98. The molecule has 1 aliphatic rings. The molecule has 0 aromatic carbocycles. The Morgan fingerprint density at radius 2 is 2.09 bits per heavy atom. The van der Waals surface area contributed by atoms with Crippen LogP contribution in [0, 0.1) is 0 Å². The molecule has 0 aromatic rings. The van der Waals surface area contributed by atoms with Crippen molar-refractivity contribution in [2.45, 2.75) is 37.7 Å². The van der Waals surface area contributed by atoms with Gasteiger partial charge in [-0.1, -0.05) is 0 Å². The predicted molar refractivity (Wildman–Crippen MR) is 80.4 cm³/mol. The molecule has 0 saturated heterocycles. The maximum Gasteiger partial charge on any atom is 0.409 e. The summed E-state index contributed by atoms with van der Waals surface area (Å²) in [4.78, 5) is 28.0. The van der Waals surface area contributed by atoms with Crippen molar-refractivity contribution in [2.24, 2.45) is 16.5 Å². The zero-order chi connectivity index (χ0) is 17.7. The van der Waals surface area contributed by atoms with E-state index < -0.39 is 36.4 Å². The van der Waals surface area contributed by atoms with Crippen molar-refractivity contribution in [3.63, 3.8) is 0 Å². The summed E-state index contributed by atoms with van der Waals surface area (Å²) >= 11 is 0. The van der Waals surface area contributed by atoms with Crippen LogP contribution in [0.2, 0.25) is 0 Å². The van der Waals surface area contributed by atoms with Crippen LogP contribution in [0.4, 0.5) is 4.79 Å². The highest BCUT2D eigenvalue weighted by atomic mass is 16.6. The van der Waals surface area contributed by atoms with Crippen molar-refractivity contribution in [3.05, 3.63) is 11.8 Å². The van der Waals surface area contributed by atoms with Crippen molar-refractivity contribution in [3.8, 4) is 0 Å². The number of amides is 1. The summed E-state index contributed by atoms with van der Waals surface area (Å²) in [5.41, 5.74) is 10.6. The first kappa shape index (κ1) is 18.6. The van der Waals surface area contributed by atoms with E-state index in [0.29, 0.717) is 0 Å². The van der Waals surface area contributed by atoms with Crippen molar-refractivity contribution >= 4 is 18.0 Å². The van der Waals surface area contributed by atoms with E-state index in [2.05, 4.69) is 4.99 Å². The number of aliphatic hydroxyl groups excluding tert-OH is 1. The molecule has 23 heavy (non-hydrogen) atoms. The Morgan fingerprint density at radius 1 is 1.48 bits per heavy atom. The highest BCUT2D eigenvalue weighted by molar-refractivity contribution is 5.84. The molecular weight excluding hydrogens is 308 g/mol. The summed E-state index contributed by atoms with van der Waals surface area (Å²) in [6.07, 6.45) is -2.37. The number of hydrogen-bond acceptors (Lipinski definition) is 6. The second-order valence-corrected chi connectivity index (χ2v) is 5.33. The van der Waals surface area contributed by atoms with Crippen LogP contribution in [0.25, 0.3) is 0 Å². The number of aliphatic hydroxyl groups is 1. The van der Waals surface area contributed by atoms with Crippen LogP contribution in [-0.2, 0) is 14.3 Å². The van der Waals surface area contributed by atoms with Crippen LogP contribution < -0.4 is 11.5 Å². The zero-order valence-corrected chi connectivity index (χ0v) is 13.2. The van der Waals surface area contributed by atoms with E-state index in [0.717, 1.165) is 0 Å². The number of aliphatic imine (C=N–C) groups is 1. The Labute approximate surface area is 133 Å². The smallest absolute Gasteiger partial charge is 0.409 e. The van der Waals surface area contributed by atoms with Gasteiger partial charge in [0.25, 0.3) is 0 Å². The standard InChI is InChI=1S/C13H22N4O6/c1-6(18)10(23-13(21)17(2)3)8-4-7(16-12(14)15)5-9(22-8)11(19)20/h5-8,10,18H,4H2,1-3H3,(H,19,20)(H4,14,15,16). The Balaban J connectivity index is 3.03. The molecular formula is C13H22N4O6. The lowest BCUT2D eigenvalue weighted by molar-refractivity contribution is -0.142. The van der Waals surface area contributed by atoms with Gasteiger partial charge in [0.15, 0.2) is 12.1 Å². The quantitative estimate of drug-likeness (QED) is 0.362. The maximum atomic E-state index is 11.7. The largest absolute Gasteiger partial charge is 0.479 e. The summed E-state index contributed by atoms with van der Waals surface area (Å²) in [7, 11) is 2.96. The molecule has 10 heteroatoms. The third-order valence-corrected chi connectivity index (χ3v) is 3.07. The molecule has 1 rings (SSSR count). The number of aliphatic carboxylic acids is 1. The Hall–Kier alpha value is -2.49. The minimum Gasteiger partial charge on any atom is -0.479 e. The average Bonchev–Trinajstić information content (AvgIpc) is 2.42. The van der Waals surface area contributed by atoms with E-state index in [-0.39, 0.29) is 18.1 Å². The first-order valence-electron chi connectivity index (χ1n) is 6.88. The van der Waals surface area contributed by atoms with E-state index in [1.807, 2.05) is 0 Å². The summed E-state index contributed by atoms with van der Waals surface area (Å²) in [5.74, 6) is -1.90. The van der Waals surface area contributed by atoms with Gasteiger partial charge in [-0.3, -0.25) is 0 Å². The van der Waals surface area contributed by atoms with Crippen molar-refractivity contribution in [1.82, 2.24) is 4.90 Å². The van der Waals surface area contributed by atoms with Crippen LogP contribution in [0.5, 0.6) is 0 Å². The number of rotatable bonds is 5. The van der Waals surface area contributed by atoms with E-state index in [1.54, 1.807) is 0 Å². The summed E-state index contributed by atoms with van der Waals surface area (Å²) in [6.45, 7) is 1.41. The fourth-order valence-electron chi connectivity index (χ4n) is 2.04. The molecule has 0 radical (unpaired) electrons. The number of ether oxygens (including phenoxy) is 2. The second kappa shape index (κ2) is 7.68. The van der Waals surface area contributed by atoms with Gasteiger partial charge in [0, 0.05) is 20.5 Å². The van der Waals surface area contributed by atoms with Crippen molar-refractivity contribution < 1.29 is 29.3 Å². The predicted octanol–water partition coefficient (Wildman–Crippen LogP) is -1.17. The Kier molecular flexibility index (Phi) is 6.19. The number of carboxylic acids is 1. The van der Waals surface area contributed by atoms with E-state index >= 15 is 0 Å². The molecule has 0 aromatic heterocycles. The fraction of sp³-hybridized carbons (Fsp3) is 0.615. The molecule has 4 atom stereocenters. The van der Waals surface area contributed by atoms with E-state index in [9.17, 15) is 14.7 Å². The molecule has 0 aliphatic carbocycles. The van der Waals surface area contributed by atoms with Gasteiger partial charge >= 0.3 is 12.1 Å². The van der Waals surface area contributed by atoms with Gasteiger partial charge < -0.3 is 36.1 Å². The molecule has 6 N–H and O–H groups in total. The lowest BCUT2D eigenvalue weighted by Gasteiger charge is -2.33. The molecule has 10 nitrogen and oxygen atoms in total. The molecule has 1 amide bonds. The number of carbonyl (C=O) groups excluding carboxylic acids is 1. The molecule has 0 fully saturated rings. The van der Waals surface area contributed by atoms with Crippen molar-refractivity contribution in [2.75, 3.05) is 14.1 Å². The van der Waals surface area contributed by atoms with Gasteiger partial charge in [-0.05, 0) is 13.0 Å². The summed E-state index contributed by atoms with van der Waals surface area (Å²) < 4.78 is 10.5. The second-order valence-electron chi connectivity index (χ2n) is 5.33. The monoisotopic (exact) mass is 330 g/mol. The summed E-state index contributed by atoms with van der Waals surface area (Å²) in [5, 5.41) is 19.0. The third-order valence-electron chi connectivity index (χ3n) is 3.07. The van der Waals surface area contributed by atoms with Gasteiger partial charge in [0.2, 0.25) is 5.76 Å². The molecule has 130 valence electrons. The molecule has 1 aliphatic heterocycles. The fourth-order valence-corrected chi connectivity index (χ4v) is 2.04. The van der Waals surface area contributed by atoms with Gasteiger partial charge in [0.1, 0.15) is 6.10 Å². The number of carbonyl (C=O) groups is 2. The molecule has 0 saturated carbocycles. The zero-order valence-electron chi connectivity index (χ0n) is 13.2. The molecule has 1 heterocycles.